The fraction of sp³-hybridized carbons (Fsp3) is 0.840. The van der Waals surface area contributed by atoms with Gasteiger partial charge in [-0.2, -0.15) is 0 Å². The lowest BCUT2D eigenvalue weighted by Gasteiger charge is -2.24. The van der Waals surface area contributed by atoms with E-state index in [1.54, 1.807) is 0 Å². The predicted molar refractivity (Wildman–Crippen MR) is 241 cm³/mol. The number of hydrogen-bond acceptors (Lipinski definition) is 5. The average molecular weight is 788 g/mol. The molecule has 6 heteroatoms. The van der Waals surface area contributed by atoms with Gasteiger partial charge in [0.1, 0.15) is 6.10 Å². The molecule has 328 valence electrons. The van der Waals surface area contributed by atoms with Gasteiger partial charge in [-0.25, -0.2) is 0 Å². The van der Waals surface area contributed by atoms with Crippen LogP contribution >= 0.6 is 0 Å². The Hall–Kier alpha value is -1.92. The summed E-state index contributed by atoms with van der Waals surface area (Å²) < 4.78 is 5.90. The quantitative estimate of drug-likeness (QED) is 0.0325. The van der Waals surface area contributed by atoms with E-state index in [-0.39, 0.29) is 24.9 Å². The number of carbonyl (C=O) groups excluding carboxylic acids is 2. The van der Waals surface area contributed by atoms with Crippen LogP contribution in [-0.4, -0.2) is 46.9 Å². The van der Waals surface area contributed by atoms with Crippen LogP contribution in [0.15, 0.2) is 36.5 Å². The summed E-state index contributed by atoms with van der Waals surface area (Å²) >= 11 is 0. The number of aliphatic hydroxyl groups is 2. The normalized spacial score (nSPS) is 13.6. The second kappa shape index (κ2) is 44.2. The number of amides is 1. The summed E-state index contributed by atoms with van der Waals surface area (Å²) in [7, 11) is 0. The van der Waals surface area contributed by atoms with E-state index in [1.807, 2.05) is 12.2 Å². The summed E-state index contributed by atoms with van der Waals surface area (Å²) in [6.45, 7) is 6.34. The Morgan fingerprint density at radius 1 is 0.536 bits per heavy atom. The predicted octanol–water partition coefficient (Wildman–Crippen LogP) is 14.1. The van der Waals surface area contributed by atoms with E-state index in [0.717, 1.165) is 70.6 Å². The smallest absolute Gasteiger partial charge is 0.306 e. The van der Waals surface area contributed by atoms with Crippen LogP contribution in [0.2, 0.25) is 0 Å². The molecule has 0 saturated heterocycles. The van der Waals surface area contributed by atoms with E-state index < -0.39 is 18.2 Å². The second-order valence-corrected chi connectivity index (χ2v) is 16.6. The molecule has 0 aromatic heterocycles. The lowest BCUT2D eigenvalue weighted by Crippen LogP contribution is -2.46. The van der Waals surface area contributed by atoms with Crippen molar-refractivity contribution in [2.24, 2.45) is 0 Å². The SMILES string of the molecule is CC/C=C/C=C/C=C\CCCCCC(CC(=O)NC(CO)C(O)CCCCCCCCCCCCCC)OC(=O)CCCCCCCCCCCCCCCC. The van der Waals surface area contributed by atoms with Crippen LogP contribution in [0.3, 0.4) is 0 Å². The summed E-state index contributed by atoms with van der Waals surface area (Å²) in [5.74, 6) is -0.502. The van der Waals surface area contributed by atoms with Crippen molar-refractivity contribution in [2.75, 3.05) is 6.61 Å². The van der Waals surface area contributed by atoms with Crippen molar-refractivity contribution in [1.29, 1.82) is 0 Å². The Bertz CT molecular complexity index is 930. The Morgan fingerprint density at radius 3 is 1.45 bits per heavy atom. The molecule has 3 N–H and O–H groups in total. The molecule has 1 amide bonds. The maximum absolute atomic E-state index is 13.1. The molecule has 0 spiro atoms. The molecule has 0 bridgehead atoms. The van der Waals surface area contributed by atoms with Crippen molar-refractivity contribution in [3.63, 3.8) is 0 Å². The third-order valence-electron chi connectivity index (χ3n) is 11.0. The third-order valence-corrected chi connectivity index (χ3v) is 11.0. The maximum atomic E-state index is 13.1. The number of rotatable bonds is 43. The highest BCUT2D eigenvalue weighted by molar-refractivity contribution is 5.77. The van der Waals surface area contributed by atoms with Crippen LogP contribution in [0.4, 0.5) is 0 Å². The Labute approximate surface area is 347 Å². The van der Waals surface area contributed by atoms with Crippen LogP contribution in [0, 0.1) is 0 Å². The first-order valence-electron chi connectivity index (χ1n) is 24.2. The van der Waals surface area contributed by atoms with Gasteiger partial charge < -0.3 is 20.3 Å². The summed E-state index contributed by atoms with van der Waals surface area (Å²) in [6, 6.07) is -0.708. The average Bonchev–Trinajstić information content (AvgIpc) is 3.19. The first-order chi connectivity index (χ1) is 27.5. The zero-order valence-corrected chi connectivity index (χ0v) is 37.3. The molecule has 56 heavy (non-hydrogen) atoms. The molecule has 0 heterocycles. The van der Waals surface area contributed by atoms with Gasteiger partial charge in [0, 0.05) is 6.42 Å². The topological polar surface area (TPSA) is 95.9 Å². The zero-order valence-electron chi connectivity index (χ0n) is 37.3. The first-order valence-corrected chi connectivity index (χ1v) is 24.2. The molecule has 0 saturated carbocycles. The standard InChI is InChI=1S/C50H93NO5/c1-4-7-10-13-16-19-22-24-25-28-31-34-37-40-43-50(55)56-46(41-38-35-32-29-26-21-18-15-12-9-6-3)44-49(54)51-47(45-52)48(53)42-39-36-33-30-27-23-20-17-14-11-8-5-2/h9,12,15,18,21,26,46-48,52-53H,4-8,10-11,13-14,16-17,19-20,22-25,27-45H2,1-3H3,(H,51,54)/b12-9+,18-15+,26-21-. The molecular formula is C50H93NO5. The number of carbonyl (C=O) groups is 2. The van der Waals surface area contributed by atoms with Crippen molar-refractivity contribution >= 4 is 11.9 Å². The minimum Gasteiger partial charge on any atom is -0.462 e. The molecule has 3 atom stereocenters. The number of hydrogen-bond donors (Lipinski definition) is 3. The summed E-state index contributed by atoms with van der Waals surface area (Å²) in [4.78, 5) is 26.0. The van der Waals surface area contributed by atoms with E-state index in [0.29, 0.717) is 19.3 Å². The molecule has 0 rings (SSSR count). The van der Waals surface area contributed by atoms with Crippen LogP contribution < -0.4 is 5.32 Å². The van der Waals surface area contributed by atoms with Crippen LogP contribution in [0.5, 0.6) is 0 Å². The van der Waals surface area contributed by atoms with Gasteiger partial charge in [0.05, 0.1) is 25.2 Å². The van der Waals surface area contributed by atoms with Crippen molar-refractivity contribution in [1.82, 2.24) is 5.32 Å². The molecule has 0 aliphatic carbocycles. The van der Waals surface area contributed by atoms with Crippen molar-refractivity contribution in [3.05, 3.63) is 36.5 Å². The fourth-order valence-electron chi connectivity index (χ4n) is 7.37. The molecule has 3 unspecified atom stereocenters. The molecule has 0 aromatic rings. The monoisotopic (exact) mass is 788 g/mol. The summed E-state index contributed by atoms with van der Waals surface area (Å²) in [5.41, 5.74) is 0. The van der Waals surface area contributed by atoms with Crippen LogP contribution in [0.25, 0.3) is 0 Å². The summed E-state index contributed by atoms with van der Waals surface area (Å²) in [5, 5.41) is 23.7. The molecule has 0 fully saturated rings. The largest absolute Gasteiger partial charge is 0.462 e. The Morgan fingerprint density at radius 2 is 0.964 bits per heavy atom. The van der Waals surface area contributed by atoms with E-state index in [1.165, 1.54) is 128 Å². The van der Waals surface area contributed by atoms with Gasteiger partial charge in [0.2, 0.25) is 5.91 Å². The number of allylic oxidation sites excluding steroid dienone is 6. The molecule has 0 aliphatic heterocycles. The van der Waals surface area contributed by atoms with Gasteiger partial charge in [-0.15, -0.1) is 0 Å². The fourth-order valence-corrected chi connectivity index (χ4v) is 7.37. The van der Waals surface area contributed by atoms with Crippen LogP contribution in [-0.2, 0) is 14.3 Å². The lowest BCUT2D eigenvalue weighted by molar-refractivity contribution is -0.151. The molecule has 6 nitrogen and oxygen atoms in total. The number of ether oxygens (including phenoxy) is 1. The zero-order chi connectivity index (χ0) is 41.0. The first kappa shape index (κ1) is 54.1. The van der Waals surface area contributed by atoms with Gasteiger partial charge >= 0.3 is 5.97 Å². The highest BCUT2D eigenvalue weighted by Gasteiger charge is 2.24. The van der Waals surface area contributed by atoms with Crippen molar-refractivity contribution in [3.8, 4) is 0 Å². The molecule has 0 aliphatic rings. The molecule has 0 aromatic carbocycles. The minimum atomic E-state index is -0.793. The van der Waals surface area contributed by atoms with Crippen molar-refractivity contribution < 1.29 is 24.5 Å². The number of unbranched alkanes of at least 4 members (excludes halogenated alkanes) is 27. The van der Waals surface area contributed by atoms with Gasteiger partial charge in [0.25, 0.3) is 0 Å². The van der Waals surface area contributed by atoms with E-state index >= 15 is 0 Å². The highest BCUT2D eigenvalue weighted by Crippen LogP contribution is 2.18. The molecule has 0 radical (unpaired) electrons. The van der Waals surface area contributed by atoms with Crippen LogP contribution in [0.1, 0.15) is 245 Å². The lowest BCUT2D eigenvalue weighted by atomic mass is 10.0. The van der Waals surface area contributed by atoms with Gasteiger partial charge in [-0.05, 0) is 44.9 Å². The van der Waals surface area contributed by atoms with Gasteiger partial charge in [0.15, 0.2) is 0 Å². The van der Waals surface area contributed by atoms with E-state index in [4.69, 9.17) is 4.74 Å². The minimum absolute atomic E-state index is 0.0578. The third kappa shape index (κ3) is 38.9. The maximum Gasteiger partial charge on any atom is 0.306 e. The number of nitrogens with one attached hydrogen (secondary N) is 1. The number of aliphatic hydroxyl groups excluding tert-OH is 2. The Balaban J connectivity index is 4.57. The molecular weight excluding hydrogens is 695 g/mol. The number of esters is 1. The highest BCUT2D eigenvalue weighted by atomic mass is 16.5. The van der Waals surface area contributed by atoms with E-state index in [2.05, 4.69) is 50.4 Å². The Kier molecular flexibility index (Phi) is 42.7. The summed E-state index contributed by atoms with van der Waals surface area (Å²) in [6.07, 6.45) is 50.6. The van der Waals surface area contributed by atoms with Gasteiger partial charge in [-0.1, -0.05) is 224 Å². The second-order valence-electron chi connectivity index (χ2n) is 16.6. The van der Waals surface area contributed by atoms with Crippen molar-refractivity contribution in [2.45, 2.75) is 264 Å². The van der Waals surface area contributed by atoms with E-state index in [9.17, 15) is 19.8 Å². The van der Waals surface area contributed by atoms with Gasteiger partial charge in [-0.3, -0.25) is 9.59 Å².